The molecule has 2 heteroatoms. The second kappa shape index (κ2) is 7.97. The molecule has 1 aliphatic heterocycles. The quantitative estimate of drug-likeness (QED) is 0.778. The number of rotatable bonds is 4. The SMILES string of the molecule is CCNCC1CCN(C2CCCC(C(C)(C)C)CC2)CC1. The van der Waals surface area contributed by atoms with Crippen LogP contribution in [0.2, 0.25) is 0 Å². The standard InChI is InChI=1S/C19H38N2/c1-5-20-15-16-11-13-21(14-12-16)18-8-6-7-17(9-10-18)19(2,3)4/h16-18,20H,5-15H2,1-4H3. The summed E-state index contributed by atoms with van der Waals surface area (Å²) < 4.78 is 0. The Labute approximate surface area is 133 Å². The van der Waals surface area contributed by atoms with E-state index in [1.165, 1.54) is 64.6 Å². The van der Waals surface area contributed by atoms with E-state index in [1.807, 2.05) is 0 Å². The van der Waals surface area contributed by atoms with Gasteiger partial charge in [-0.1, -0.05) is 34.1 Å². The van der Waals surface area contributed by atoms with E-state index in [1.54, 1.807) is 0 Å². The van der Waals surface area contributed by atoms with Gasteiger partial charge in [-0.05, 0) is 82.0 Å². The van der Waals surface area contributed by atoms with Crippen LogP contribution in [0.15, 0.2) is 0 Å². The van der Waals surface area contributed by atoms with Gasteiger partial charge in [0.25, 0.3) is 0 Å². The van der Waals surface area contributed by atoms with E-state index in [0.29, 0.717) is 5.41 Å². The van der Waals surface area contributed by atoms with Crippen LogP contribution in [0.25, 0.3) is 0 Å². The highest BCUT2D eigenvalue weighted by Crippen LogP contribution is 2.38. The molecule has 2 rings (SSSR count). The highest BCUT2D eigenvalue weighted by molar-refractivity contribution is 4.85. The van der Waals surface area contributed by atoms with Crippen molar-refractivity contribution in [3.63, 3.8) is 0 Å². The summed E-state index contributed by atoms with van der Waals surface area (Å²) >= 11 is 0. The number of nitrogens with zero attached hydrogens (tertiary/aromatic N) is 1. The Morgan fingerprint density at radius 3 is 2.29 bits per heavy atom. The molecule has 0 bridgehead atoms. The third-order valence-corrected chi connectivity index (χ3v) is 6.01. The Hall–Kier alpha value is -0.0800. The van der Waals surface area contributed by atoms with Crippen molar-refractivity contribution in [1.29, 1.82) is 0 Å². The predicted molar refractivity (Wildman–Crippen MR) is 92.7 cm³/mol. The summed E-state index contributed by atoms with van der Waals surface area (Å²) in [5.41, 5.74) is 0.508. The van der Waals surface area contributed by atoms with Gasteiger partial charge in [-0.15, -0.1) is 0 Å². The fourth-order valence-corrected chi connectivity index (χ4v) is 4.38. The second-order valence-electron chi connectivity index (χ2n) is 8.51. The third kappa shape index (κ3) is 5.25. The van der Waals surface area contributed by atoms with Crippen molar-refractivity contribution in [3.8, 4) is 0 Å². The van der Waals surface area contributed by atoms with Gasteiger partial charge in [-0.3, -0.25) is 0 Å². The smallest absolute Gasteiger partial charge is 0.00953 e. The molecule has 2 fully saturated rings. The van der Waals surface area contributed by atoms with Gasteiger partial charge in [0.15, 0.2) is 0 Å². The van der Waals surface area contributed by atoms with Crippen LogP contribution in [0.5, 0.6) is 0 Å². The molecule has 0 aromatic rings. The van der Waals surface area contributed by atoms with E-state index in [0.717, 1.165) is 24.4 Å². The van der Waals surface area contributed by atoms with Gasteiger partial charge in [-0.25, -0.2) is 0 Å². The van der Waals surface area contributed by atoms with Crippen molar-refractivity contribution in [1.82, 2.24) is 10.2 Å². The average molecular weight is 295 g/mol. The second-order valence-corrected chi connectivity index (χ2v) is 8.51. The molecule has 1 saturated heterocycles. The molecule has 21 heavy (non-hydrogen) atoms. The van der Waals surface area contributed by atoms with Crippen LogP contribution in [-0.2, 0) is 0 Å². The summed E-state index contributed by atoms with van der Waals surface area (Å²) in [6.45, 7) is 14.6. The summed E-state index contributed by atoms with van der Waals surface area (Å²) in [5, 5.41) is 3.53. The molecule has 2 unspecified atom stereocenters. The zero-order chi connectivity index (χ0) is 15.3. The lowest BCUT2D eigenvalue weighted by Gasteiger charge is -2.37. The average Bonchev–Trinajstić information content (AvgIpc) is 2.71. The molecule has 2 nitrogen and oxygen atoms in total. The molecule has 0 amide bonds. The van der Waals surface area contributed by atoms with E-state index in [-0.39, 0.29) is 0 Å². The summed E-state index contributed by atoms with van der Waals surface area (Å²) in [6, 6.07) is 0.887. The van der Waals surface area contributed by atoms with Crippen molar-refractivity contribution < 1.29 is 0 Å². The molecular weight excluding hydrogens is 256 g/mol. The van der Waals surface area contributed by atoms with E-state index in [9.17, 15) is 0 Å². The van der Waals surface area contributed by atoms with Crippen LogP contribution in [-0.4, -0.2) is 37.1 Å². The molecule has 1 aliphatic carbocycles. The predicted octanol–water partition coefficient (Wildman–Crippen LogP) is 4.30. The molecule has 2 atom stereocenters. The fourth-order valence-electron chi connectivity index (χ4n) is 4.38. The molecule has 1 heterocycles. The van der Waals surface area contributed by atoms with E-state index in [2.05, 4.69) is 37.9 Å². The molecule has 0 radical (unpaired) electrons. The molecule has 1 saturated carbocycles. The normalized spacial score (nSPS) is 30.3. The molecule has 0 aromatic heterocycles. The van der Waals surface area contributed by atoms with Crippen molar-refractivity contribution in [2.75, 3.05) is 26.2 Å². The summed E-state index contributed by atoms with van der Waals surface area (Å²) in [5.74, 6) is 1.86. The van der Waals surface area contributed by atoms with Crippen LogP contribution >= 0.6 is 0 Å². The van der Waals surface area contributed by atoms with Crippen LogP contribution in [0.3, 0.4) is 0 Å². The number of piperidine rings is 1. The summed E-state index contributed by atoms with van der Waals surface area (Å²) in [6.07, 6.45) is 10.1. The largest absolute Gasteiger partial charge is 0.317 e. The topological polar surface area (TPSA) is 15.3 Å². The number of nitrogens with one attached hydrogen (secondary N) is 1. The fraction of sp³-hybridized carbons (Fsp3) is 1.00. The van der Waals surface area contributed by atoms with Crippen LogP contribution in [0, 0.1) is 17.3 Å². The first-order valence-corrected chi connectivity index (χ1v) is 9.45. The number of hydrogen-bond acceptors (Lipinski definition) is 2. The van der Waals surface area contributed by atoms with Crippen molar-refractivity contribution in [2.24, 2.45) is 17.3 Å². The highest BCUT2D eigenvalue weighted by Gasteiger charge is 2.31. The first kappa shape index (κ1) is 17.3. The van der Waals surface area contributed by atoms with E-state index >= 15 is 0 Å². The van der Waals surface area contributed by atoms with Crippen LogP contribution in [0.4, 0.5) is 0 Å². The third-order valence-electron chi connectivity index (χ3n) is 6.01. The van der Waals surface area contributed by atoms with Gasteiger partial charge in [0, 0.05) is 6.04 Å². The molecule has 1 N–H and O–H groups in total. The lowest BCUT2D eigenvalue weighted by molar-refractivity contribution is 0.118. The first-order chi connectivity index (χ1) is 10.0. The Morgan fingerprint density at radius 2 is 1.67 bits per heavy atom. The van der Waals surface area contributed by atoms with Gasteiger partial charge < -0.3 is 10.2 Å². The van der Waals surface area contributed by atoms with Gasteiger partial charge in [0.1, 0.15) is 0 Å². The highest BCUT2D eigenvalue weighted by atomic mass is 15.2. The van der Waals surface area contributed by atoms with Gasteiger partial charge in [-0.2, -0.15) is 0 Å². The minimum Gasteiger partial charge on any atom is -0.317 e. The lowest BCUT2D eigenvalue weighted by Crippen LogP contribution is -2.43. The molecule has 124 valence electrons. The van der Waals surface area contributed by atoms with Gasteiger partial charge >= 0.3 is 0 Å². The maximum Gasteiger partial charge on any atom is 0.00953 e. The maximum absolute atomic E-state index is 3.53. The van der Waals surface area contributed by atoms with Gasteiger partial charge in [0.2, 0.25) is 0 Å². The zero-order valence-corrected chi connectivity index (χ0v) is 15.0. The molecular formula is C19H38N2. The number of hydrogen-bond donors (Lipinski definition) is 1. The first-order valence-electron chi connectivity index (χ1n) is 9.45. The Balaban J connectivity index is 1.76. The van der Waals surface area contributed by atoms with Crippen LogP contribution in [0.1, 0.15) is 72.6 Å². The lowest BCUT2D eigenvalue weighted by atomic mass is 9.76. The van der Waals surface area contributed by atoms with Gasteiger partial charge in [0.05, 0.1) is 0 Å². The van der Waals surface area contributed by atoms with Crippen molar-refractivity contribution >= 4 is 0 Å². The Kier molecular flexibility index (Phi) is 6.55. The maximum atomic E-state index is 3.53. The Bertz CT molecular complexity index is 286. The molecule has 0 spiro atoms. The van der Waals surface area contributed by atoms with Crippen molar-refractivity contribution in [2.45, 2.75) is 78.7 Å². The van der Waals surface area contributed by atoms with Crippen LogP contribution < -0.4 is 5.32 Å². The minimum absolute atomic E-state index is 0.508. The molecule has 0 aromatic carbocycles. The summed E-state index contributed by atoms with van der Waals surface area (Å²) in [7, 11) is 0. The van der Waals surface area contributed by atoms with E-state index in [4.69, 9.17) is 0 Å². The Morgan fingerprint density at radius 1 is 0.952 bits per heavy atom. The zero-order valence-electron chi connectivity index (χ0n) is 15.0. The van der Waals surface area contributed by atoms with Crippen molar-refractivity contribution in [3.05, 3.63) is 0 Å². The monoisotopic (exact) mass is 294 g/mol. The minimum atomic E-state index is 0.508. The van der Waals surface area contributed by atoms with E-state index < -0.39 is 0 Å². The molecule has 2 aliphatic rings. The summed E-state index contributed by atoms with van der Waals surface area (Å²) in [4.78, 5) is 2.83. The number of likely N-dealkylation sites (tertiary alicyclic amines) is 1.